The Balaban J connectivity index is 1.21. The molecule has 2 atom stereocenters. The Morgan fingerprint density at radius 3 is 2.37 bits per heavy atom. The number of hydrogen-bond acceptors (Lipinski definition) is 6. The van der Waals surface area contributed by atoms with Crippen molar-refractivity contribution < 1.29 is 8.42 Å². The first kappa shape index (κ1) is 21.4. The van der Waals surface area contributed by atoms with E-state index in [1.54, 1.807) is 24.5 Å². The number of halogens is 1. The smallest absolute Gasteiger partial charge is 0.225 e. The highest BCUT2D eigenvalue weighted by Gasteiger charge is 2.43. The number of piperidine rings is 1. The van der Waals surface area contributed by atoms with Crippen LogP contribution in [0.25, 0.3) is 0 Å². The van der Waals surface area contributed by atoms with E-state index in [9.17, 15) is 8.42 Å². The molecule has 2 aliphatic rings. The molecule has 0 bridgehead atoms. The highest BCUT2D eigenvalue weighted by Crippen LogP contribution is 2.50. The molecule has 0 N–H and O–H groups in total. The van der Waals surface area contributed by atoms with Gasteiger partial charge >= 0.3 is 0 Å². The summed E-state index contributed by atoms with van der Waals surface area (Å²) in [7, 11) is -1.06. The van der Waals surface area contributed by atoms with Gasteiger partial charge in [0.1, 0.15) is 0 Å². The predicted molar refractivity (Wildman–Crippen MR) is 121 cm³/mol. The average molecular weight is 449 g/mol. The standard InChI is InChI=1S/C22H29ClN4O2S/c1-26(19-3-5-20(6-4-19)30(2,28)29)10-7-17-13-21(17)16-8-11-27(12-9-16)22-24-14-18(23)15-25-22/h3-6,14-17,21H,7-13H2,1-2H3/t17-,21-/m1/s1. The van der Waals surface area contributed by atoms with Crippen molar-refractivity contribution in [3.63, 3.8) is 0 Å². The van der Waals surface area contributed by atoms with Gasteiger partial charge in [0.15, 0.2) is 9.84 Å². The summed E-state index contributed by atoms with van der Waals surface area (Å²) in [5.74, 6) is 3.25. The number of hydrogen-bond donors (Lipinski definition) is 0. The maximum atomic E-state index is 11.6. The van der Waals surface area contributed by atoms with E-state index in [1.165, 1.54) is 31.9 Å². The van der Waals surface area contributed by atoms with Gasteiger partial charge in [0.25, 0.3) is 0 Å². The average Bonchev–Trinajstić information content (AvgIpc) is 3.52. The second-order valence-electron chi connectivity index (χ2n) is 8.66. The van der Waals surface area contributed by atoms with Crippen LogP contribution in [0, 0.1) is 17.8 Å². The maximum absolute atomic E-state index is 11.6. The van der Waals surface area contributed by atoms with Crippen LogP contribution in [0.5, 0.6) is 0 Å². The highest BCUT2D eigenvalue weighted by atomic mass is 35.5. The van der Waals surface area contributed by atoms with E-state index in [0.717, 1.165) is 49.0 Å². The van der Waals surface area contributed by atoms with Gasteiger partial charge in [-0.25, -0.2) is 18.4 Å². The Kier molecular flexibility index (Phi) is 6.21. The van der Waals surface area contributed by atoms with Gasteiger partial charge in [-0.3, -0.25) is 0 Å². The third kappa shape index (κ3) is 5.06. The second-order valence-corrected chi connectivity index (χ2v) is 11.1. The zero-order chi connectivity index (χ0) is 21.3. The van der Waals surface area contributed by atoms with Gasteiger partial charge in [-0.2, -0.15) is 0 Å². The minimum atomic E-state index is -3.14. The quantitative estimate of drug-likeness (QED) is 0.639. The molecule has 2 aromatic rings. The van der Waals surface area contributed by atoms with Gasteiger partial charge in [0.2, 0.25) is 5.95 Å². The molecule has 30 heavy (non-hydrogen) atoms. The molecule has 1 aromatic carbocycles. The van der Waals surface area contributed by atoms with Gasteiger partial charge < -0.3 is 9.80 Å². The molecule has 0 radical (unpaired) electrons. The van der Waals surface area contributed by atoms with E-state index in [4.69, 9.17) is 11.6 Å². The van der Waals surface area contributed by atoms with Crippen molar-refractivity contribution in [2.45, 2.75) is 30.6 Å². The van der Waals surface area contributed by atoms with Gasteiger partial charge in [-0.05, 0) is 67.7 Å². The summed E-state index contributed by atoms with van der Waals surface area (Å²) in [4.78, 5) is 13.5. The Bertz CT molecular complexity index is 958. The van der Waals surface area contributed by atoms with E-state index in [1.807, 2.05) is 12.1 Å². The van der Waals surface area contributed by atoms with Crippen LogP contribution in [-0.2, 0) is 9.84 Å². The first-order chi connectivity index (χ1) is 14.3. The van der Waals surface area contributed by atoms with Crippen LogP contribution in [-0.4, -0.2) is 51.3 Å². The van der Waals surface area contributed by atoms with E-state index in [-0.39, 0.29) is 0 Å². The lowest BCUT2D eigenvalue weighted by molar-refractivity contribution is 0.342. The summed E-state index contributed by atoms with van der Waals surface area (Å²) >= 11 is 5.88. The molecule has 0 amide bonds. The van der Waals surface area contributed by atoms with Gasteiger partial charge in [-0.1, -0.05) is 11.6 Å². The van der Waals surface area contributed by atoms with E-state index in [0.29, 0.717) is 9.92 Å². The van der Waals surface area contributed by atoms with Crippen molar-refractivity contribution in [3.8, 4) is 0 Å². The summed E-state index contributed by atoms with van der Waals surface area (Å²) in [6, 6.07) is 7.18. The van der Waals surface area contributed by atoms with Crippen molar-refractivity contribution in [2.24, 2.45) is 17.8 Å². The minimum absolute atomic E-state index is 0.372. The zero-order valence-electron chi connectivity index (χ0n) is 17.5. The molecule has 2 fully saturated rings. The fourth-order valence-electron chi connectivity index (χ4n) is 4.61. The summed E-state index contributed by atoms with van der Waals surface area (Å²) in [6.45, 7) is 3.03. The molecular weight excluding hydrogens is 420 g/mol. The third-order valence-electron chi connectivity index (χ3n) is 6.55. The van der Waals surface area contributed by atoms with Gasteiger partial charge in [0.05, 0.1) is 22.3 Å². The molecule has 2 heterocycles. The normalized spacial score (nSPS) is 22.2. The van der Waals surface area contributed by atoms with Crippen molar-refractivity contribution in [2.75, 3.05) is 42.7 Å². The SMILES string of the molecule is CN(CC[C@@H]1C[C@@H]1C1CCN(c2ncc(Cl)cn2)CC1)c1ccc(S(C)(=O)=O)cc1. The number of nitrogens with zero attached hydrogens (tertiary/aromatic N) is 4. The van der Waals surface area contributed by atoms with E-state index in [2.05, 4.69) is 26.8 Å². The van der Waals surface area contributed by atoms with Crippen LogP contribution < -0.4 is 9.80 Å². The number of sulfone groups is 1. The lowest BCUT2D eigenvalue weighted by Crippen LogP contribution is -2.35. The first-order valence-electron chi connectivity index (χ1n) is 10.5. The molecule has 1 saturated heterocycles. The van der Waals surface area contributed by atoms with Crippen molar-refractivity contribution in [3.05, 3.63) is 41.7 Å². The molecule has 162 valence electrons. The van der Waals surface area contributed by atoms with Crippen LogP contribution in [0.4, 0.5) is 11.6 Å². The Morgan fingerprint density at radius 2 is 1.77 bits per heavy atom. The number of aromatic nitrogens is 2. The fourth-order valence-corrected chi connectivity index (χ4v) is 5.34. The lowest BCUT2D eigenvalue weighted by Gasteiger charge is -2.32. The largest absolute Gasteiger partial charge is 0.375 e. The molecule has 1 saturated carbocycles. The molecule has 8 heteroatoms. The molecule has 4 rings (SSSR count). The third-order valence-corrected chi connectivity index (χ3v) is 7.88. The van der Waals surface area contributed by atoms with Crippen molar-refractivity contribution in [1.82, 2.24) is 9.97 Å². The molecule has 1 aromatic heterocycles. The summed E-state index contributed by atoms with van der Waals surface area (Å²) in [6.07, 6.45) is 9.51. The summed E-state index contributed by atoms with van der Waals surface area (Å²) < 4.78 is 23.2. The molecule has 0 unspecified atom stereocenters. The van der Waals surface area contributed by atoms with Crippen LogP contribution in [0.15, 0.2) is 41.6 Å². The number of benzene rings is 1. The zero-order valence-corrected chi connectivity index (χ0v) is 19.1. The lowest BCUT2D eigenvalue weighted by atomic mass is 9.90. The highest BCUT2D eigenvalue weighted by molar-refractivity contribution is 7.90. The molecule has 6 nitrogen and oxygen atoms in total. The fraction of sp³-hybridized carbons (Fsp3) is 0.545. The Labute approximate surface area is 184 Å². The van der Waals surface area contributed by atoms with Crippen molar-refractivity contribution >= 4 is 33.1 Å². The molecule has 1 aliphatic heterocycles. The van der Waals surface area contributed by atoms with Crippen LogP contribution in [0.3, 0.4) is 0 Å². The number of anilines is 2. The van der Waals surface area contributed by atoms with Gasteiger partial charge in [0, 0.05) is 38.6 Å². The monoisotopic (exact) mass is 448 g/mol. The Morgan fingerprint density at radius 1 is 1.13 bits per heavy atom. The molecular formula is C22H29ClN4O2S. The number of rotatable bonds is 7. The minimum Gasteiger partial charge on any atom is -0.375 e. The van der Waals surface area contributed by atoms with E-state index < -0.39 is 9.84 Å². The van der Waals surface area contributed by atoms with Crippen LogP contribution in [0.2, 0.25) is 5.02 Å². The summed E-state index contributed by atoms with van der Waals surface area (Å²) in [5.41, 5.74) is 1.07. The van der Waals surface area contributed by atoms with Gasteiger partial charge in [-0.15, -0.1) is 0 Å². The van der Waals surface area contributed by atoms with Crippen LogP contribution >= 0.6 is 11.6 Å². The van der Waals surface area contributed by atoms with Crippen molar-refractivity contribution in [1.29, 1.82) is 0 Å². The molecule has 1 aliphatic carbocycles. The first-order valence-corrected chi connectivity index (χ1v) is 12.8. The molecule has 0 spiro atoms. The summed E-state index contributed by atoms with van der Waals surface area (Å²) in [5, 5.41) is 0.575. The second kappa shape index (κ2) is 8.71. The van der Waals surface area contributed by atoms with E-state index >= 15 is 0 Å². The predicted octanol–water partition coefficient (Wildman–Crippen LogP) is 3.91. The Hall–Kier alpha value is -1.86. The maximum Gasteiger partial charge on any atom is 0.225 e. The topological polar surface area (TPSA) is 66.4 Å². The van der Waals surface area contributed by atoms with Crippen LogP contribution in [0.1, 0.15) is 25.7 Å².